The molecule has 0 radical (unpaired) electrons. The van der Waals surface area contributed by atoms with Gasteiger partial charge in [0.2, 0.25) is 0 Å². The molecule has 1 saturated heterocycles. The summed E-state index contributed by atoms with van der Waals surface area (Å²) in [5, 5.41) is 17.4. The maximum Gasteiger partial charge on any atom is 0.406 e. The zero-order chi connectivity index (χ0) is 16.3. The predicted molar refractivity (Wildman–Crippen MR) is 65.2 cm³/mol. The molecule has 0 bridgehead atoms. The molecular formula is C12H16F3N3O3. The fourth-order valence-corrected chi connectivity index (χ4v) is 2.27. The molecule has 1 rings (SSSR count). The summed E-state index contributed by atoms with van der Waals surface area (Å²) in [7, 11) is 0. The molecule has 21 heavy (non-hydrogen) atoms. The van der Waals surface area contributed by atoms with Crippen molar-refractivity contribution in [3.63, 3.8) is 0 Å². The molecule has 0 aromatic carbocycles. The monoisotopic (exact) mass is 307 g/mol. The molecule has 1 unspecified atom stereocenters. The van der Waals surface area contributed by atoms with E-state index in [2.05, 4.69) is 0 Å². The van der Waals surface area contributed by atoms with Gasteiger partial charge in [0.1, 0.15) is 0 Å². The van der Waals surface area contributed by atoms with Gasteiger partial charge in [0, 0.05) is 26.2 Å². The lowest BCUT2D eigenvalue weighted by Crippen LogP contribution is -2.49. The standard InChI is InChI=1S/C12H16F3N3O3/c1-2-17(6-3-5-16)10(21)18-7-4-11(8-18,9(19)20)12(13,14)15/h2-4,6-8H2,1H3,(H,19,20). The molecule has 2 amide bonds. The van der Waals surface area contributed by atoms with Crippen molar-refractivity contribution in [1.82, 2.24) is 9.80 Å². The van der Waals surface area contributed by atoms with Crippen molar-refractivity contribution in [3.8, 4) is 6.07 Å². The molecule has 1 atom stereocenters. The first-order valence-corrected chi connectivity index (χ1v) is 6.40. The molecule has 6 nitrogen and oxygen atoms in total. The number of urea groups is 1. The molecule has 0 aliphatic carbocycles. The van der Waals surface area contributed by atoms with E-state index in [9.17, 15) is 22.8 Å². The summed E-state index contributed by atoms with van der Waals surface area (Å²) in [6.07, 6.45) is -5.51. The van der Waals surface area contributed by atoms with Crippen molar-refractivity contribution >= 4 is 12.0 Å². The highest BCUT2D eigenvalue weighted by Crippen LogP contribution is 2.45. The summed E-state index contributed by atoms with van der Waals surface area (Å²) >= 11 is 0. The van der Waals surface area contributed by atoms with Crippen molar-refractivity contribution in [2.75, 3.05) is 26.2 Å². The highest BCUT2D eigenvalue weighted by molar-refractivity contribution is 5.80. The largest absolute Gasteiger partial charge is 0.481 e. The number of aliphatic carboxylic acids is 1. The van der Waals surface area contributed by atoms with E-state index in [4.69, 9.17) is 10.4 Å². The minimum Gasteiger partial charge on any atom is -0.481 e. The van der Waals surface area contributed by atoms with Crippen LogP contribution in [0.3, 0.4) is 0 Å². The highest BCUT2D eigenvalue weighted by atomic mass is 19.4. The fourth-order valence-electron chi connectivity index (χ4n) is 2.27. The van der Waals surface area contributed by atoms with Gasteiger partial charge in [-0.2, -0.15) is 18.4 Å². The summed E-state index contributed by atoms with van der Waals surface area (Å²) in [6, 6.07) is 1.18. The number of hydrogen-bond donors (Lipinski definition) is 1. The van der Waals surface area contributed by atoms with E-state index in [1.165, 1.54) is 4.90 Å². The van der Waals surface area contributed by atoms with Gasteiger partial charge in [-0.25, -0.2) is 4.79 Å². The molecule has 9 heteroatoms. The van der Waals surface area contributed by atoms with Gasteiger partial charge in [0.15, 0.2) is 5.41 Å². The van der Waals surface area contributed by atoms with Crippen LogP contribution in [-0.4, -0.2) is 59.3 Å². The lowest BCUT2D eigenvalue weighted by Gasteiger charge is -2.29. The second-order valence-electron chi connectivity index (χ2n) is 4.83. The smallest absolute Gasteiger partial charge is 0.406 e. The Morgan fingerprint density at radius 1 is 1.48 bits per heavy atom. The van der Waals surface area contributed by atoms with Crippen molar-refractivity contribution in [2.45, 2.75) is 25.9 Å². The van der Waals surface area contributed by atoms with Crippen LogP contribution in [0.2, 0.25) is 0 Å². The first kappa shape index (κ1) is 17.1. The Hall–Kier alpha value is -1.98. The first-order valence-electron chi connectivity index (χ1n) is 6.40. The van der Waals surface area contributed by atoms with E-state index >= 15 is 0 Å². The zero-order valence-electron chi connectivity index (χ0n) is 11.5. The molecule has 118 valence electrons. The molecule has 0 aromatic heterocycles. The van der Waals surface area contributed by atoms with E-state index in [1.54, 1.807) is 6.92 Å². The molecule has 1 fully saturated rings. The second kappa shape index (κ2) is 6.20. The Labute approximate surface area is 119 Å². The maximum atomic E-state index is 13.0. The van der Waals surface area contributed by atoms with E-state index < -0.39 is 36.6 Å². The molecule has 1 heterocycles. The van der Waals surface area contributed by atoms with Gasteiger partial charge >= 0.3 is 18.2 Å². The van der Waals surface area contributed by atoms with Crippen molar-refractivity contribution in [1.29, 1.82) is 5.26 Å². The van der Waals surface area contributed by atoms with E-state index in [0.717, 1.165) is 4.90 Å². The van der Waals surface area contributed by atoms with Crippen LogP contribution in [0.1, 0.15) is 19.8 Å². The number of alkyl halides is 3. The number of carbonyl (C=O) groups excluding carboxylic acids is 1. The van der Waals surface area contributed by atoms with Gasteiger partial charge in [-0.05, 0) is 13.3 Å². The van der Waals surface area contributed by atoms with Crippen LogP contribution in [0.5, 0.6) is 0 Å². The third-order valence-corrected chi connectivity index (χ3v) is 3.64. The minimum absolute atomic E-state index is 0.0662. The average Bonchev–Trinajstić information content (AvgIpc) is 2.85. The van der Waals surface area contributed by atoms with Crippen LogP contribution >= 0.6 is 0 Å². The first-order chi connectivity index (χ1) is 9.69. The maximum absolute atomic E-state index is 13.0. The van der Waals surface area contributed by atoms with Gasteiger partial charge in [-0.15, -0.1) is 0 Å². The van der Waals surface area contributed by atoms with Crippen molar-refractivity contribution < 1.29 is 27.9 Å². The third-order valence-electron chi connectivity index (χ3n) is 3.64. The van der Waals surface area contributed by atoms with Gasteiger partial charge < -0.3 is 14.9 Å². The molecule has 1 aliphatic heterocycles. The number of carbonyl (C=O) groups is 2. The fraction of sp³-hybridized carbons (Fsp3) is 0.750. The van der Waals surface area contributed by atoms with Crippen molar-refractivity contribution in [3.05, 3.63) is 0 Å². The van der Waals surface area contributed by atoms with Crippen LogP contribution in [-0.2, 0) is 4.79 Å². The number of likely N-dealkylation sites (tertiary alicyclic amines) is 1. The number of hydrogen-bond acceptors (Lipinski definition) is 3. The van der Waals surface area contributed by atoms with Crippen LogP contribution in [0.15, 0.2) is 0 Å². The van der Waals surface area contributed by atoms with Gasteiger partial charge in [0.25, 0.3) is 0 Å². The number of nitrogens with zero attached hydrogens (tertiary/aromatic N) is 3. The molecule has 1 N–H and O–H groups in total. The Morgan fingerprint density at radius 2 is 2.10 bits per heavy atom. The Bertz CT molecular complexity index is 461. The third kappa shape index (κ3) is 3.20. The average molecular weight is 307 g/mol. The van der Waals surface area contributed by atoms with Crippen LogP contribution in [0.4, 0.5) is 18.0 Å². The zero-order valence-corrected chi connectivity index (χ0v) is 11.5. The number of rotatable bonds is 4. The van der Waals surface area contributed by atoms with Gasteiger partial charge in [-0.3, -0.25) is 4.79 Å². The second-order valence-corrected chi connectivity index (χ2v) is 4.83. The van der Waals surface area contributed by atoms with E-state index in [1.807, 2.05) is 6.07 Å². The van der Waals surface area contributed by atoms with Gasteiger partial charge in [-0.1, -0.05) is 0 Å². The summed E-state index contributed by atoms with van der Waals surface area (Å²) in [4.78, 5) is 25.3. The van der Waals surface area contributed by atoms with Crippen LogP contribution < -0.4 is 0 Å². The van der Waals surface area contributed by atoms with Crippen molar-refractivity contribution in [2.24, 2.45) is 5.41 Å². The lowest BCUT2D eigenvalue weighted by atomic mass is 9.86. The number of amides is 2. The quantitative estimate of drug-likeness (QED) is 0.856. The number of carboxylic acid groups (broad SMARTS) is 1. The minimum atomic E-state index is -4.92. The SMILES string of the molecule is CCN(CCC#N)C(=O)N1CCC(C(=O)O)(C(F)(F)F)C1. The Kier molecular flexibility index (Phi) is 5.04. The summed E-state index contributed by atoms with van der Waals surface area (Å²) in [5.74, 6) is -1.97. The number of carboxylic acids is 1. The van der Waals surface area contributed by atoms with Gasteiger partial charge in [0.05, 0.1) is 12.5 Å². The summed E-state index contributed by atoms with van der Waals surface area (Å²) in [5.41, 5.74) is -2.91. The molecule has 0 spiro atoms. The predicted octanol–water partition coefficient (Wildman–Crippen LogP) is 1.68. The summed E-state index contributed by atoms with van der Waals surface area (Å²) < 4.78 is 39.0. The lowest BCUT2D eigenvalue weighted by molar-refractivity contribution is -0.227. The molecule has 0 aromatic rings. The van der Waals surface area contributed by atoms with E-state index in [0.29, 0.717) is 0 Å². The number of nitriles is 1. The normalized spacial score (nSPS) is 22.0. The Morgan fingerprint density at radius 3 is 2.48 bits per heavy atom. The topological polar surface area (TPSA) is 84.6 Å². The number of halogens is 3. The molecular weight excluding hydrogens is 291 g/mol. The van der Waals surface area contributed by atoms with Crippen LogP contribution in [0, 0.1) is 16.7 Å². The van der Waals surface area contributed by atoms with E-state index in [-0.39, 0.29) is 26.1 Å². The van der Waals surface area contributed by atoms with Crippen LogP contribution in [0.25, 0.3) is 0 Å². The highest BCUT2D eigenvalue weighted by Gasteiger charge is 2.64. The molecule has 1 aliphatic rings. The molecule has 0 saturated carbocycles. The Balaban J connectivity index is 2.87. The summed E-state index contributed by atoms with van der Waals surface area (Å²) in [6.45, 7) is 0.818.